The summed E-state index contributed by atoms with van der Waals surface area (Å²) in [6, 6.07) is 0.915. The van der Waals surface area contributed by atoms with Gasteiger partial charge in [-0.2, -0.15) is 0 Å². The molecule has 18 heavy (non-hydrogen) atoms. The van der Waals surface area contributed by atoms with Crippen LogP contribution in [0.4, 0.5) is 0 Å². The zero-order valence-electron chi connectivity index (χ0n) is 11.9. The van der Waals surface area contributed by atoms with E-state index in [4.69, 9.17) is 0 Å². The van der Waals surface area contributed by atoms with Gasteiger partial charge in [0.1, 0.15) is 0 Å². The van der Waals surface area contributed by atoms with Gasteiger partial charge in [0.05, 0.1) is 6.04 Å². The summed E-state index contributed by atoms with van der Waals surface area (Å²) in [4.78, 5) is 13.8. The second kappa shape index (κ2) is 7.51. The van der Waals surface area contributed by atoms with E-state index in [1.54, 1.807) is 6.08 Å². The lowest BCUT2D eigenvalue weighted by Crippen LogP contribution is -2.50. The van der Waals surface area contributed by atoms with Crippen LogP contribution in [0.3, 0.4) is 0 Å². The van der Waals surface area contributed by atoms with Crippen molar-refractivity contribution >= 4 is 5.91 Å². The van der Waals surface area contributed by atoms with E-state index in [1.807, 2.05) is 25.1 Å². The summed E-state index contributed by atoms with van der Waals surface area (Å²) < 4.78 is 0. The zero-order valence-corrected chi connectivity index (χ0v) is 11.9. The van der Waals surface area contributed by atoms with Gasteiger partial charge in [-0.05, 0) is 14.1 Å². The minimum absolute atomic E-state index is 0.0129. The van der Waals surface area contributed by atoms with Crippen molar-refractivity contribution in [3.63, 3.8) is 0 Å². The molecule has 0 saturated carbocycles. The molecule has 1 heterocycles. The van der Waals surface area contributed by atoms with Crippen LogP contribution >= 0.6 is 0 Å². The fourth-order valence-electron chi connectivity index (χ4n) is 2.04. The summed E-state index contributed by atoms with van der Waals surface area (Å²) in [5.41, 5.74) is 0. The first-order valence-electron chi connectivity index (χ1n) is 6.57. The van der Waals surface area contributed by atoms with E-state index in [0.717, 1.165) is 19.6 Å². The summed E-state index contributed by atoms with van der Waals surface area (Å²) >= 11 is 0. The van der Waals surface area contributed by atoms with Gasteiger partial charge in [-0.15, -0.1) is 0 Å². The molecule has 0 radical (unpaired) electrons. The molecule has 1 amide bonds. The van der Waals surface area contributed by atoms with Gasteiger partial charge in [-0.25, -0.2) is 0 Å². The largest absolute Gasteiger partial charge is 0.347 e. The monoisotopic (exact) mass is 254 g/mol. The van der Waals surface area contributed by atoms with Gasteiger partial charge in [0.2, 0.25) is 5.91 Å². The maximum absolute atomic E-state index is 11.7. The first-order valence-corrected chi connectivity index (χ1v) is 6.57. The fraction of sp³-hybridized carbons (Fsp3) is 0.769. The van der Waals surface area contributed by atoms with Crippen molar-refractivity contribution in [2.75, 3.05) is 33.7 Å². The van der Waals surface area contributed by atoms with Crippen molar-refractivity contribution in [3.8, 4) is 0 Å². The molecule has 1 rings (SSSR count). The van der Waals surface area contributed by atoms with Crippen LogP contribution in [0, 0.1) is 0 Å². The van der Waals surface area contributed by atoms with E-state index in [1.165, 1.54) is 0 Å². The molecule has 0 spiro atoms. The summed E-state index contributed by atoms with van der Waals surface area (Å²) in [5, 5.41) is 9.80. The third kappa shape index (κ3) is 5.62. The predicted molar refractivity (Wildman–Crippen MR) is 74.6 cm³/mol. The van der Waals surface area contributed by atoms with Gasteiger partial charge in [0.25, 0.3) is 0 Å². The van der Waals surface area contributed by atoms with Crippen LogP contribution < -0.4 is 16.0 Å². The molecule has 1 aliphatic rings. The second-order valence-electron chi connectivity index (χ2n) is 5.37. The number of hydrogen-bond donors (Lipinski definition) is 3. The van der Waals surface area contributed by atoms with Gasteiger partial charge in [-0.1, -0.05) is 19.9 Å². The van der Waals surface area contributed by atoms with E-state index >= 15 is 0 Å². The maximum Gasteiger partial charge on any atom is 0.244 e. The Balaban J connectivity index is 2.36. The minimum atomic E-state index is -0.0129. The summed E-state index contributed by atoms with van der Waals surface area (Å²) in [5.74, 6) is -0.0129. The van der Waals surface area contributed by atoms with E-state index in [2.05, 4.69) is 29.8 Å². The molecule has 0 aromatic rings. The summed E-state index contributed by atoms with van der Waals surface area (Å²) in [7, 11) is 3.96. The number of likely N-dealkylation sites (N-methyl/N-ethyl adjacent to an activating group) is 1. The first kappa shape index (κ1) is 15.1. The van der Waals surface area contributed by atoms with Gasteiger partial charge in [-0.3, -0.25) is 4.79 Å². The highest BCUT2D eigenvalue weighted by Crippen LogP contribution is 2.01. The van der Waals surface area contributed by atoms with Crippen LogP contribution in [-0.2, 0) is 4.79 Å². The Bertz CT molecular complexity index is 289. The highest BCUT2D eigenvalue weighted by Gasteiger charge is 2.27. The van der Waals surface area contributed by atoms with Crippen LogP contribution in [-0.4, -0.2) is 62.7 Å². The van der Waals surface area contributed by atoms with Gasteiger partial charge in [0.15, 0.2) is 0 Å². The van der Waals surface area contributed by atoms with Crippen LogP contribution in [0.2, 0.25) is 0 Å². The fourth-order valence-corrected chi connectivity index (χ4v) is 2.04. The van der Waals surface area contributed by atoms with E-state index < -0.39 is 0 Å². The van der Waals surface area contributed by atoms with Crippen molar-refractivity contribution in [3.05, 3.63) is 12.2 Å². The van der Waals surface area contributed by atoms with Crippen molar-refractivity contribution < 1.29 is 4.79 Å². The molecule has 1 unspecified atom stereocenters. The number of rotatable bonds is 6. The lowest BCUT2D eigenvalue weighted by Gasteiger charge is -2.22. The van der Waals surface area contributed by atoms with E-state index in [-0.39, 0.29) is 11.9 Å². The number of nitrogens with one attached hydrogen (secondary N) is 3. The molecular formula is C13H26N4O. The highest BCUT2D eigenvalue weighted by molar-refractivity contribution is 5.87. The molecule has 0 aromatic carbocycles. The van der Waals surface area contributed by atoms with Crippen LogP contribution in [0.1, 0.15) is 13.8 Å². The average Bonchev–Trinajstić information content (AvgIpc) is 2.64. The minimum Gasteiger partial charge on any atom is -0.347 e. The topological polar surface area (TPSA) is 56.4 Å². The van der Waals surface area contributed by atoms with Crippen LogP contribution in [0.25, 0.3) is 0 Å². The number of hydrogen-bond acceptors (Lipinski definition) is 4. The molecule has 104 valence electrons. The van der Waals surface area contributed by atoms with Gasteiger partial charge in [0, 0.05) is 37.8 Å². The zero-order chi connectivity index (χ0) is 13.5. The molecule has 2 atom stereocenters. The quantitative estimate of drug-likeness (QED) is 0.563. The Hall–Kier alpha value is -0.910. The van der Waals surface area contributed by atoms with E-state index in [0.29, 0.717) is 12.1 Å². The first-order chi connectivity index (χ1) is 8.49. The average molecular weight is 254 g/mol. The number of carbonyl (C=O) groups excluding carboxylic acids is 1. The molecule has 3 N–H and O–H groups in total. The molecule has 1 aliphatic heterocycles. The molecule has 5 nitrogen and oxygen atoms in total. The molecule has 1 saturated heterocycles. The molecule has 0 bridgehead atoms. The lowest BCUT2D eigenvalue weighted by molar-refractivity contribution is -0.117. The summed E-state index contributed by atoms with van der Waals surface area (Å²) in [6.45, 7) is 6.76. The number of carbonyl (C=O) groups is 1. The third-order valence-electron chi connectivity index (χ3n) is 2.83. The Labute approximate surface area is 110 Å². The van der Waals surface area contributed by atoms with Crippen molar-refractivity contribution in [2.45, 2.75) is 32.0 Å². The van der Waals surface area contributed by atoms with Crippen molar-refractivity contribution in [1.82, 2.24) is 20.9 Å². The Morgan fingerprint density at radius 2 is 2.06 bits per heavy atom. The van der Waals surface area contributed by atoms with Crippen LogP contribution in [0.15, 0.2) is 12.2 Å². The normalized spacial score (nSPS) is 24.3. The van der Waals surface area contributed by atoms with E-state index in [9.17, 15) is 4.79 Å². The third-order valence-corrected chi connectivity index (χ3v) is 2.83. The number of amides is 1. The second-order valence-corrected chi connectivity index (χ2v) is 5.37. The van der Waals surface area contributed by atoms with Gasteiger partial charge >= 0.3 is 0 Å². The molecule has 5 heteroatoms. The van der Waals surface area contributed by atoms with Crippen molar-refractivity contribution in [1.29, 1.82) is 0 Å². The molecule has 0 aromatic heterocycles. The Morgan fingerprint density at radius 1 is 1.39 bits per heavy atom. The Morgan fingerprint density at radius 3 is 2.67 bits per heavy atom. The van der Waals surface area contributed by atoms with Crippen LogP contribution in [0.5, 0.6) is 0 Å². The predicted octanol–water partition coefficient (Wildman–Crippen LogP) is -0.441. The molecule has 0 aliphatic carbocycles. The molecule has 1 fully saturated rings. The van der Waals surface area contributed by atoms with Crippen molar-refractivity contribution in [2.24, 2.45) is 0 Å². The Kier molecular flexibility index (Phi) is 6.32. The highest BCUT2D eigenvalue weighted by atomic mass is 16.1. The standard InChI is InChI=1S/C13H26N4O/c1-10(2)15-11-8-14-9-12(11)16-13(18)6-5-7-17(3)4/h5-6,10-12,14-15H,7-9H2,1-4H3,(H,16,18)/b6-5+/t11?,12-/m0/s1. The molecular weight excluding hydrogens is 228 g/mol. The maximum atomic E-state index is 11.7. The number of nitrogens with zero attached hydrogens (tertiary/aromatic N) is 1. The smallest absolute Gasteiger partial charge is 0.244 e. The summed E-state index contributed by atoms with van der Waals surface area (Å²) in [6.07, 6.45) is 3.49. The lowest BCUT2D eigenvalue weighted by atomic mass is 10.1. The SMILES string of the molecule is CC(C)NC1CNC[C@@H]1NC(=O)/C=C/CN(C)C. The van der Waals surface area contributed by atoms with Gasteiger partial charge < -0.3 is 20.9 Å².